The van der Waals surface area contributed by atoms with Crippen LogP contribution in [-0.4, -0.2) is 201 Å². The van der Waals surface area contributed by atoms with Crippen LogP contribution in [0.4, 0.5) is 49.6 Å². The van der Waals surface area contributed by atoms with Gasteiger partial charge in [-0.2, -0.15) is 8.78 Å². The molecule has 20 rings (SSSR count). The van der Waals surface area contributed by atoms with Crippen molar-refractivity contribution in [3.05, 3.63) is 206 Å². The van der Waals surface area contributed by atoms with Gasteiger partial charge in [0.1, 0.15) is 131 Å². The van der Waals surface area contributed by atoms with Gasteiger partial charge in [-0.05, 0) is 145 Å². The number of hydrogen-bond donors (Lipinski definition) is 13. The first kappa shape index (κ1) is 91.8. The minimum atomic E-state index is -3.19. The van der Waals surface area contributed by atoms with E-state index in [1.165, 1.54) is 29.2 Å². The fourth-order valence-corrected chi connectivity index (χ4v) is 19.5. The predicted octanol–water partition coefficient (Wildman–Crippen LogP) is 10.9. The molecule has 4 saturated carbocycles. The van der Waals surface area contributed by atoms with Gasteiger partial charge in [-0.1, -0.05) is 6.92 Å². The van der Waals surface area contributed by atoms with E-state index in [9.17, 15) is 80.4 Å². The molecule has 4 aliphatic carbocycles. The molecule has 0 radical (unpaired) electrons. The maximum absolute atomic E-state index is 15.1. The van der Waals surface area contributed by atoms with E-state index in [0.717, 1.165) is 73.6 Å². The van der Waals surface area contributed by atoms with E-state index in [1.807, 2.05) is 86.5 Å². The Morgan fingerprint density at radius 1 is 0.450 bits per heavy atom. The van der Waals surface area contributed by atoms with Crippen LogP contribution in [0.25, 0.3) is 44.1 Å². The second-order valence-corrected chi connectivity index (χ2v) is 34.7. The Hall–Kier alpha value is -11.1. The molecule has 12 aromatic rings. The third-order valence-electron chi connectivity index (χ3n) is 26.3. The van der Waals surface area contributed by atoms with Crippen molar-refractivity contribution < 1.29 is 113 Å². The number of nitrogens with zero attached hydrogens (tertiary/aromatic N) is 10. The second kappa shape index (κ2) is 37.9. The Labute approximate surface area is 743 Å². The molecule has 3 aromatic carbocycles. The quantitative estimate of drug-likeness (QED) is 0.0355. The number of alkyl halides is 6. The highest BCUT2D eigenvalue weighted by Crippen LogP contribution is 2.48. The van der Waals surface area contributed by atoms with Crippen molar-refractivity contribution in [1.82, 2.24) is 69.4 Å². The maximum Gasteiger partial charge on any atom is 0.387 e. The Bertz CT molecular complexity index is 6020. The lowest BCUT2D eigenvalue weighted by molar-refractivity contribution is -0.0527. The van der Waals surface area contributed by atoms with Crippen molar-refractivity contribution >= 4 is 49.8 Å². The molecule has 8 aliphatic rings. The Kier molecular flexibility index (Phi) is 26.5. The molecule has 29 nitrogen and oxygen atoms in total. The number of fused-ring (bicyclic) bond motifs is 8. The van der Waals surface area contributed by atoms with Crippen LogP contribution >= 0.6 is 0 Å². The number of nitrogen functional groups attached to an aromatic ring is 1. The van der Waals surface area contributed by atoms with Crippen molar-refractivity contribution in [3.8, 4) is 34.6 Å². The lowest BCUT2D eigenvalue weighted by atomic mass is 9.89. The first-order valence-electron chi connectivity index (χ1n) is 43.5. The fraction of sp³-hybridized carbons (Fsp3) is 0.457. The molecule has 0 saturated heterocycles. The molecule has 131 heavy (non-hydrogen) atoms. The number of aromatic nitrogens is 10. The molecule has 17 unspecified atom stereocenters. The number of benzene rings is 3. The van der Waals surface area contributed by atoms with Crippen LogP contribution in [0.15, 0.2) is 110 Å². The normalized spacial score (nSPS) is 25.7. The van der Waals surface area contributed by atoms with Crippen LogP contribution < -0.4 is 55.4 Å². The van der Waals surface area contributed by atoms with Gasteiger partial charge in [-0.25, -0.2) is 65.0 Å². The standard InChI is InChI=1S/C25H30FN3O4.C23H24F4N4O3.C23H24F3N3O4.C21H23F2N5O3/c1-13(2)32-20-11-19(17-12-27-7-5-16(17)22(20)26)33-21-10-18(23(30)24(21)31)29-9-6-15-14(3)4-8-28-25(15)29;1-9-6-29-7-11-15(4-10(22(26)27)19(25)17(9)11)34-16-5-14(20(32)21(16)33)31-8-12(24)18-13(28)2-3-30-23(18)31;1-11-2-6-28-22-12(11)4-7-29(22)15-8-18(21(31)20(15)30)32-16-9-17(33-23(25)26)19(24)13-3-5-27-10-14(13)16;1-10-12-3-5-28(20(12)26-9-25-10)15-7-16(18(30)17(15)29)31-21-13-8-24-4-2-11(13)6-14(27-21)19(22)23/h4,6,8-9,11,13,18,21,23-24,27,30-31H,5,7,10,12H2,1-3H3;2-4,8-9,14,16,20-22,29,32-33H,5-7H2,1H3,(H2,28,30);2,4,6-7,9,15,18,20-21,23,27,30-31H,3,5,8,10H2,1H3;3,5-6,9,15-19,24,29-30H,2,4,7-8H2,1H3. The van der Waals surface area contributed by atoms with Crippen molar-refractivity contribution in [2.24, 2.45) is 0 Å². The molecule has 17 atom stereocenters. The number of anilines is 1. The van der Waals surface area contributed by atoms with Gasteiger partial charge in [0, 0.05) is 175 Å². The Morgan fingerprint density at radius 2 is 0.901 bits per heavy atom. The molecule has 0 spiro atoms. The van der Waals surface area contributed by atoms with Gasteiger partial charge >= 0.3 is 6.61 Å². The van der Waals surface area contributed by atoms with E-state index in [2.05, 4.69) is 55.9 Å². The van der Waals surface area contributed by atoms with Crippen LogP contribution in [0.5, 0.6) is 34.6 Å². The highest BCUT2D eigenvalue weighted by molar-refractivity contribution is 5.89. The summed E-state index contributed by atoms with van der Waals surface area (Å²) in [5, 5.41) is 102. The molecular formula is C92H101F10N15O14. The van der Waals surface area contributed by atoms with Gasteiger partial charge in [-0.3, -0.25) is 0 Å². The van der Waals surface area contributed by atoms with E-state index >= 15 is 4.39 Å². The summed E-state index contributed by atoms with van der Waals surface area (Å²) in [6, 6.07) is 13.9. The Morgan fingerprint density at radius 3 is 1.40 bits per heavy atom. The van der Waals surface area contributed by atoms with Gasteiger partial charge < -0.3 is 115 Å². The molecule has 4 fully saturated rings. The maximum atomic E-state index is 15.1. The SMILES string of the molecule is CC1CNCc2c(OC3CC(n4cc(F)c5c(N)ccnc54)C(O)C3O)cc(C(F)F)c(F)c21.Cc1ccnc2c1ccn2C1CC(Oc2cc(OC(C)C)c(F)c3c2CNCC3)C(O)C1O.Cc1ccnc2c1ccn2C1CC(Oc2cc(OC(F)F)c(F)c3c2CNCC3)C(O)C1O.Cc1ncnc2c1ccn2C1CC(Oc2nc(C(F)F)cc3c2CNCC3)C(O)C1O. The van der Waals surface area contributed by atoms with E-state index in [4.69, 9.17) is 29.4 Å². The number of ether oxygens (including phenoxy) is 6. The number of halogens is 10. The number of nitrogens with one attached hydrogen (secondary N) is 4. The highest BCUT2D eigenvalue weighted by atomic mass is 19.3. The molecule has 0 bridgehead atoms. The van der Waals surface area contributed by atoms with Crippen LogP contribution in [0.3, 0.4) is 0 Å². The fourth-order valence-electron chi connectivity index (χ4n) is 19.5. The largest absolute Gasteiger partial charge is 0.488 e. The van der Waals surface area contributed by atoms with E-state index in [-0.39, 0.29) is 113 Å². The zero-order chi connectivity index (χ0) is 92.6. The number of aryl methyl sites for hydroxylation is 3. The predicted molar refractivity (Wildman–Crippen MR) is 458 cm³/mol. The summed E-state index contributed by atoms with van der Waals surface area (Å²) in [5.74, 6) is -2.81. The number of aliphatic hydroxyl groups excluding tert-OH is 8. The summed E-state index contributed by atoms with van der Waals surface area (Å²) in [4.78, 5) is 25.6. The summed E-state index contributed by atoms with van der Waals surface area (Å²) < 4.78 is 180. The number of hydrogen-bond acceptors (Lipinski definition) is 25. The average molecular weight is 1830 g/mol. The van der Waals surface area contributed by atoms with Crippen molar-refractivity contribution in [2.45, 2.75) is 242 Å². The van der Waals surface area contributed by atoms with E-state index in [1.54, 1.807) is 36.1 Å². The van der Waals surface area contributed by atoms with Crippen LogP contribution in [0.1, 0.15) is 162 Å². The molecule has 14 N–H and O–H groups in total. The smallest absolute Gasteiger partial charge is 0.387 e. The van der Waals surface area contributed by atoms with Gasteiger partial charge in [0.2, 0.25) is 5.88 Å². The van der Waals surface area contributed by atoms with Crippen molar-refractivity contribution in [2.75, 3.05) is 31.9 Å². The molecule has 4 aliphatic heterocycles. The minimum Gasteiger partial charge on any atom is -0.488 e. The van der Waals surface area contributed by atoms with Crippen molar-refractivity contribution in [3.63, 3.8) is 0 Å². The molecule has 13 heterocycles. The molecule has 0 amide bonds. The average Bonchev–Trinajstić information content (AvgIpc) is 1.62. The first-order valence-corrected chi connectivity index (χ1v) is 43.5. The molecule has 39 heteroatoms. The van der Waals surface area contributed by atoms with Gasteiger partial charge in [-0.15, -0.1) is 0 Å². The number of nitrogens with two attached hydrogens (primary N) is 1. The van der Waals surface area contributed by atoms with Gasteiger partial charge in [0.25, 0.3) is 12.9 Å². The number of pyridine rings is 4. The van der Waals surface area contributed by atoms with Gasteiger partial charge in [0.15, 0.2) is 29.0 Å². The highest BCUT2D eigenvalue weighted by Gasteiger charge is 2.50. The summed E-state index contributed by atoms with van der Waals surface area (Å²) in [7, 11) is 0. The van der Waals surface area contributed by atoms with E-state index in [0.29, 0.717) is 92.3 Å². The topological polar surface area (TPSA) is 388 Å². The summed E-state index contributed by atoms with van der Waals surface area (Å²) in [5.41, 5.74) is 14.3. The summed E-state index contributed by atoms with van der Waals surface area (Å²) >= 11 is 0. The summed E-state index contributed by atoms with van der Waals surface area (Å²) in [6.45, 7) is 11.8. The van der Waals surface area contributed by atoms with E-state index < -0.39 is 146 Å². The lowest BCUT2D eigenvalue weighted by Gasteiger charge is -2.29. The lowest BCUT2D eigenvalue weighted by Crippen LogP contribution is -2.35. The van der Waals surface area contributed by atoms with Gasteiger partial charge in [0.05, 0.1) is 46.9 Å². The summed E-state index contributed by atoms with van der Waals surface area (Å²) in [6.07, 6.45) is -3.53. The zero-order valence-corrected chi connectivity index (χ0v) is 72.0. The third kappa shape index (κ3) is 17.7. The number of rotatable bonds is 18. The monoisotopic (exact) mass is 1830 g/mol. The molecule has 9 aromatic heterocycles. The second-order valence-electron chi connectivity index (χ2n) is 34.7. The van der Waals surface area contributed by atoms with Crippen molar-refractivity contribution in [1.29, 1.82) is 0 Å². The Balaban J connectivity index is 0.000000122. The van der Waals surface area contributed by atoms with Crippen LogP contribution in [0, 0.1) is 44.0 Å². The third-order valence-corrected chi connectivity index (χ3v) is 26.3. The van der Waals surface area contributed by atoms with Crippen LogP contribution in [0.2, 0.25) is 0 Å². The first-order chi connectivity index (χ1) is 62.8. The zero-order valence-electron chi connectivity index (χ0n) is 72.0. The number of aliphatic hydroxyl groups is 8. The minimum absolute atomic E-state index is 0.0218. The van der Waals surface area contributed by atoms with Crippen LogP contribution in [-0.2, 0) is 45.4 Å². The molecule has 698 valence electrons. The molecular weight excluding hydrogens is 1730 g/mol.